The zero-order valence-electron chi connectivity index (χ0n) is 15.4. The predicted octanol–water partition coefficient (Wildman–Crippen LogP) is 2.45. The number of ether oxygens (including phenoxy) is 2. The molecule has 1 aliphatic rings. The van der Waals surface area contributed by atoms with Crippen molar-refractivity contribution >= 4 is 29.4 Å². The average molecular weight is 408 g/mol. The van der Waals surface area contributed by atoms with E-state index in [0.29, 0.717) is 17.4 Å². The van der Waals surface area contributed by atoms with Gasteiger partial charge in [-0.3, -0.25) is 15.0 Å². The molecule has 9 nitrogen and oxygen atoms in total. The van der Waals surface area contributed by atoms with Crippen LogP contribution in [-0.2, 0) is 10.3 Å². The van der Waals surface area contributed by atoms with Gasteiger partial charge in [0, 0.05) is 5.56 Å². The smallest absolute Gasteiger partial charge is 0.344 e. The Morgan fingerprint density at radius 1 is 1.39 bits per heavy atom. The molecule has 2 heterocycles. The fourth-order valence-electron chi connectivity index (χ4n) is 2.77. The number of methoxy groups -OCH3 is 1. The summed E-state index contributed by atoms with van der Waals surface area (Å²) in [5.41, 5.74) is 0.930. The lowest BCUT2D eigenvalue weighted by Gasteiger charge is -2.19. The summed E-state index contributed by atoms with van der Waals surface area (Å²) in [7, 11) is 1.40. The third-order valence-electron chi connectivity index (χ3n) is 4.20. The van der Waals surface area contributed by atoms with Gasteiger partial charge in [-0.1, -0.05) is 11.6 Å². The topological polar surface area (TPSA) is 110 Å². The summed E-state index contributed by atoms with van der Waals surface area (Å²) in [5.74, 6) is -0.630. The summed E-state index contributed by atoms with van der Waals surface area (Å²) in [6.07, 6.45) is 1.38. The summed E-state index contributed by atoms with van der Waals surface area (Å²) < 4.78 is 15.8. The molecule has 0 radical (unpaired) electrons. The standard InChI is InChI=1S/C18H18ClN3O6/c1-4-27-14-11(19)8-10(9-12(14)26-3)15(23)21-22-16(24)18(2,20-17(22)25)13-6-5-7-28-13/h5-9H,4H2,1-3H3,(H,20,25)(H,21,23). The number of halogens is 1. The largest absolute Gasteiger partial charge is 0.493 e. The highest BCUT2D eigenvalue weighted by atomic mass is 35.5. The number of hydrogen-bond donors (Lipinski definition) is 2. The van der Waals surface area contributed by atoms with Crippen LogP contribution in [-0.4, -0.2) is 36.6 Å². The third-order valence-corrected chi connectivity index (χ3v) is 4.48. The number of hydrogen-bond acceptors (Lipinski definition) is 6. The number of amides is 4. The van der Waals surface area contributed by atoms with Gasteiger partial charge in [0.15, 0.2) is 17.0 Å². The Morgan fingerprint density at radius 2 is 2.14 bits per heavy atom. The molecule has 0 spiro atoms. The van der Waals surface area contributed by atoms with Crippen LogP contribution in [0.4, 0.5) is 4.79 Å². The molecule has 1 saturated heterocycles. The van der Waals surface area contributed by atoms with Crippen LogP contribution in [0.3, 0.4) is 0 Å². The van der Waals surface area contributed by atoms with Crippen LogP contribution in [0.5, 0.6) is 11.5 Å². The van der Waals surface area contributed by atoms with E-state index in [1.54, 1.807) is 19.1 Å². The minimum Gasteiger partial charge on any atom is -0.493 e. The zero-order chi connectivity index (χ0) is 20.5. The molecule has 1 atom stereocenters. The molecule has 1 aromatic carbocycles. The molecule has 3 rings (SSSR count). The summed E-state index contributed by atoms with van der Waals surface area (Å²) >= 11 is 6.17. The Hall–Kier alpha value is -3.20. The van der Waals surface area contributed by atoms with E-state index in [9.17, 15) is 14.4 Å². The summed E-state index contributed by atoms with van der Waals surface area (Å²) in [5, 5.41) is 3.26. The molecule has 1 aliphatic heterocycles. The van der Waals surface area contributed by atoms with Crippen molar-refractivity contribution in [2.45, 2.75) is 19.4 Å². The number of nitrogens with zero attached hydrogens (tertiary/aromatic N) is 1. The van der Waals surface area contributed by atoms with Crippen molar-refractivity contribution in [1.82, 2.24) is 15.8 Å². The fourth-order valence-corrected chi connectivity index (χ4v) is 3.04. The van der Waals surface area contributed by atoms with Crippen molar-refractivity contribution in [2.75, 3.05) is 13.7 Å². The van der Waals surface area contributed by atoms with Gasteiger partial charge in [0.2, 0.25) is 0 Å². The molecule has 0 saturated carbocycles. The van der Waals surface area contributed by atoms with Crippen molar-refractivity contribution in [3.63, 3.8) is 0 Å². The van der Waals surface area contributed by atoms with E-state index in [1.807, 2.05) is 0 Å². The molecule has 0 bridgehead atoms. The predicted molar refractivity (Wildman–Crippen MR) is 98.1 cm³/mol. The molecule has 2 N–H and O–H groups in total. The molecular formula is C18H18ClN3O6. The van der Waals surface area contributed by atoms with Gasteiger partial charge in [0.05, 0.1) is 25.0 Å². The van der Waals surface area contributed by atoms with E-state index < -0.39 is 23.4 Å². The number of carbonyl (C=O) groups is 3. The molecule has 4 amide bonds. The van der Waals surface area contributed by atoms with Crippen molar-refractivity contribution in [2.24, 2.45) is 0 Å². The third kappa shape index (κ3) is 3.24. The van der Waals surface area contributed by atoms with Crippen LogP contribution in [0.25, 0.3) is 0 Å². The molecule has 1 unspecified atom stereocenters. The van der Waals surface area contributed by atoms with Crippen LogP contribution in [0.1, 0.15) is 30.0 Å². The van der Waals surface area contributed by atoms with E-state index in [1.165, 1.54) is 32.4 Å². The number of urea groups is 1. The monoisotopic (exact) mass is 407 g/mol. The lowest BCUT2D eigenvalue weighted by atomic mass is 10.00. The molecule has 10 heteroatoms. The number of imide groups is 1. The summed E-state index contributed by atoms with van der Waals surface area (Å²) in [6.45, 7) is 3.62. The van der Waals surface area contributed by atoms with Crippen molar-refractivity contribution < 1.29 is 28.3 Å². The fraction of sp³-hybridized carbons (Fsp3) is 0.278. The van der Waals surface area contributed by atoms with Crippen LogP contribution >= 0.6 is 11.6 Å². The molecule has 1 aromatic heterocycles. The first kappa shape index (κ1) is 19.6. The summed E-state index contributed by atoms with van der Waals surface area (Å²) in [4.78, 5) is 37.6. The van der Waals surface area contributed by atoms with Gasteiger partial charge in [-0.2, -0.15) is 5.01 Å². The van der Waals surface area contributed by atoms with Crippen LogP contribution in [0.15, 0.2) is 34.9 Å². The Labute approximate surface area is 165 Å². The van der Waals surface area contributed by atoms with Gasteiger partial charge in [-0.25, -0.2) is 4.79 Å². The minimum atomic E-state index is -1.43. The quantitative estimate of drug-likeness (QED) is 0.712. The number of furan rings is 1. The molecular weight excluding hydrogens is 390 g/mol. The zero-order valence-corrected chi connectivity index (χ0v) is 16.1. The number of carbonyl (C=O) groups excluding carboxylic acids is 3. The Morgan fingerprint density at radius 3 is 2.75 bits per heavy atom. The maximum absolute atomic E-state index is 12.7. The molecule has 148 valence electrons. The van der Waals surface area contributed by atoms with Gasteiger partial charge in [0.1, 0.15) is 5.76 Å². The maximum atomic E-state index is 12.7. The number of rotatable bonds is 6. The SMILES string of the molecule is CCOc1c(Cl)cc(C(=O)NN2C(=O)NC(C)(c3ccco3)C2=O)cc1OC. The van der Waals surface area contributed by atoms with Gasteiger partial charge in [0.25, 0.3) is 11.8 Å². The number of hydrazine groups is 1. The van der Waals surface area contributed by atoms with Crippen LogP contribution in [0, 0.1) is 0 Å². The lowest BCUT2D eigenvalue weighted by Crippen LogP contribution is -2.47. The Kier molecular flexibility index (Phi) is 5.19. The highest BCUT2D eigenvalue weighted by Gasteiger charge is 2.52. The highest BCUT2D eigenvalue weighted by Crippen LogP contribution is 2.36. The first-order valence-corrected chi connectivity index (χ1v) is 8.71. The van der Waals surface area contributed by atoms with Crippen LogP contribution in [0.2, 0.25) is 5.02 Å². The first-order chi connectivity index (χ1) is 13.3. The Bertz CT molecular complexity index is 930. The number of benzene rings is 1. The molecule has 1 fully saturated rings. The minimum absolute atomic E-state index is 0.0810. The second kappa shape index (κ2) is 7.43. The van der Waals surface area contributed by atoms with Crippen LogP contribution < -0.4 is 20.2 Å². The van der Waals surface area contributed by atoms with E-state index in [0.717, 1.165) is 0 Å². The van der Waals surface area contributed by atoms with E-state index in [-0.39, 0.29) is 22.1 Å². The second-order valence-electron chi connectivity index (χ2n) is 6.04. The van der Waals surface area contributed by atoms with Crippen molar-refractivity contribution in [3.8, 4) is 11.5 Å². The Balaban J connectivity index is 1.84. The van der Waals surface area contributed by atoms with E-state index in [2.05, 4.69) is 10.7 Å². The number of nitrogens with one attached hydrogen (secondary N) is 2. The maximum Gasteiger partial charge on any atom is 0.344 e. The molecule has 28 heavy (non-hydrogen) atoms. The molecule has 2 aromatic rings. The second-order valence-corrected chi connectivity index (χ2v) is 6.44. The normalized spacial score (nSPS) is 18.8. The lowest BCUT2D eigenvalue weighted by molar-refractivity contribution is -0.133. The van der Waals surface area contributed by atoms with Gasteiger partial charge < -0.3 is 19.2 Å². The van der Waals surface area contributed by atoms with Crippen molar-refractivity contribution in [3.05, 3.63) is 46.9 Å². The molecule has 0 aliphatic carbocycles. The van der Waals surface area contributed by atoms with Gasteiger partial charge in [-0.05, 0) is 38.1 Å². The average Bonchev–Trinajstić information content (AvgIpc) is 3.27. The van der Waals surface area contributed by atoms with Gasteiger partial charge >= 0.3 is 6.03 Å². The van der Waals surface area contributed by atoms with Gasteiger partial charge in [-0.15, -0.1) is 0 Å². The highest BCUT2D eigenvalue weighted by molar-refractivity contribution is 6.32. The van der Waals surface area contributed by atoms with E-state index >= 15 is 0 Å². The van der Waals surface area contributed by atoms with E-state index in [4.69, 9.17) is 25.5 Å². The summed E-state index contributed by atoms with van der Waals surface area (Å²) in [6, 6.07) is 5.11. The van der Waals surface area contributed by atoms with Crippen molar-refractivity contribution in [1.29, 1.82) is 0 Å². The first-order valence-electron chi connectivity index (χ1n) is 8.33.